The highest BCUT2D eigenvalue weighted by atomic mass is 16.5. The summed E-state index contributed by atoms with van der Waals surface area (Å²) >= 11 is 0. The summed E-state index contributed by atoms with van der Waals surface area (Å²) in [5.41, 5.74) is 0.0791. The number of fused-ring (bicyclic) bond motifs is 6. The third kappa shape index (κ3) is 3.54. The molecule has 0 aliphatic heterocycles. The van der Waals surface area contributed by atoms with Gasteiger partial charge in [-0.1, -0.05) is 48.5 Å². The molecular weight excluding hydrogens is 492 g/mol. The first-order chi connectivity index (χ1) is 17.9. The number of ketones is 1. The number of carbonyl (C=O) groups is 3. The molecular formula is C33H48O6. The number of allylic oxidation sites excluding steroid dienone is 2. The third-order valence-electron chi connectivity index (χ3n) is 12.6. The first-order valence-electron chi connectivity index (χ1n) is 14.9. The van der Waals surface area contributed by atoms with Crippen LogP contribution in [0.2, 0.25) is 0 Å². The molecule has 0 unspecified atom stereocenters. The van der Waals surface area contributed by atoms with E-state index in [0.717, 1.165) is 36.8 Å². The predicted molar refractivity (Wildman–Crippen MR) is 149 cm³/mol. The van der Waals surface area contributed by atoms with Crippen LogP contribution >= 0.6 is 0 Å². The van der Waals surface area contributed by atoms with Gasteiger partial charge in [-0.05, 0) is 85.7 Å². The molecule has 5 rings (SSSR count). The fourth-order valence-corrected chi connectivity index (χ4v) is 10.4. The topological polar surface area (TPSA) is 89.9 Å². The van der Waals surface area contributed by atoms with Crippen molar-refractivity contribution in [2.45, 2.75) is 119 Å². The average Bonchev–Trinajstić information content (AvgIpc) is 2.83. The van der Waals surface area contributed by atoms with E-state index in [1.54, 1.807) is 0 Å². The van der Waals surface area contributed by atoms with Crippen LogP contribution in [0.1, 0.15) is 113 Å². The van der Waals surface area contributed by atoms with Gasteiger partial charge in [-0.25, -0.2) is 0 Å². The fraction of sp³-hybridized carbons (Fsp3) is 0.788. The Hall–Kier alpha value is -2.11. The van der Waals surface area contributed by atoms with Crippen molar-refractivity contribution in [3.05, 3.63) is 22.5 Å². The average molecular weight is 541 g/mol. The molecule has 216 valence electrons. The van der Waals surface area contributed by atoms with E-state index in [1.165, 1.54) is 14.0 Å². The standard InChI is InChI=1S/C33H48O6/c1-19(34)39-22-11-12-30(6)21(29(22,4)5)10-13-32(8)26(30)25(36)24(35)23-20-18-28(2,3)14-16-33(20,27(37)38-9)17-15-31(23,32)7/h21-22,36H,10-18H2,1-9H3/t21-,22-,30-,31+,32+,33-/m0/s1. The molecule has 5 aliphatic carbocycles. The molecule has 3 saturated carbocycles. The Morgan fingerprint density at radius 3 is 2.13 bits per heavy atom. The van der Waals surface area contributed by atoms with Crippen LogP contribution in [-0.4, -0.2) is 36.0 Å². The smallest absolute Gasteiger partial charge is 0.315 e. The van der Waals surface area contributed by atoms with Gasteiger partial charge in [0.2, 0.25) is 5.78 Å². The lowest BCUT2D eigenvalue weighted by Crippen LogP contribution is -2.62. The zero-order chi connectivity index (χ0) is 29.0. The Balaban J connectivity index is 1.72. The minimum Gasteiger partial charge on any atom is -0.504 e. The summed E-state index contributed by atoms with van der Waals surface area (Å²) in [6.07, 6.45) is 6.63. The molecule has 0 amide bonds. The molecule has 0 bridgehead atoms. The molecule has 0 heterocycles. The molecule has 6 heteroatoms. The van der Waals surface area contributed by atoms with Crippen LogP contribution in [0.4, 0.5) is 0 Å². The van der Waals surface area contributed by atoms with E-state index in [0.29, 0.717) is 37.7 Å². The summed E-state index contributed by atoms with van der Waals surface area (Å²) in [5, 5.41) is 12.0. The lowest BCUT2D eigenvalue weighted by molar-refractivity contribution is -0.172. The number of hydrogen-bond acceptors (Lipinski definition) is 6. The molecule has 0 aromatic carbocycles. The first kappa shape index (κ1) is 28.4. The van der Waals surface area contributed by atoms with E-state index in [1.807, 2.05) is 0 Å². The van der Waals surface area contributed by atoms with Crippen LogP contribution in [0, 0.1) is 38.4 Å². The summed E-state index contributed by atoms with van der Waals surface area (Å²) in [7, 11) is 1.45. The Bertz CT molecular complexity index is 1200. The second-order valence-corrected chi connectivity index (χ2v) is 15.5. The molecule has 0 saturated heterocycles. The van der Waals surface area contributed by atoms with Crippen molar-refractivity contribution in [2.75, 3.05) is 7.11 Å². The highest BCUT2D eigenvalue weighted by Crippen LogP contribution is 2.74. The number of methoxy groups -OCH3 is 1. The monoisotopic (exact) mass is 540 g/mol. The Morgan fingerprint density at radius 1 is 0.872 bits per heavy atom. The van der Waals surface area contributed by atoms with E-state index in [4.69, 9.17) is 9.47 Å². The summed E-state index contributed by atoms with van der Waals surface area (Å²) in [6, 6.07) is 0. The normalized spacial score (nSPS) is 42.5. The van der Waals surface area contributed by atoms with Gasteiger partial charge >= 0.3 is 11.9 Å². The van der Waals surface area contributed by atoms with Gasteiger partial charge in [-0.15, -0.1) is 0 Å². The van der Waals surface area contributed by atoms with E-state index >= 15 is 0 Å². The number of Topliss-reactive ketones (excluding diaryl/α,β-unsaturated/α-hetero) is 1. The van der Waals surface area contributed by atoms with Gasteiger partial charge < -0.3 is 14.6 Å². The summed E-state index contributed by atoms with van der Waals surface area (Å²) in [5.74, 6) is -0.730. The molecule has 0 aromatic heterocycles. The third-order valence-corrected chi connectivity index (χ3v) is 12.6. The highest BCUT2D eigenvalue weighted by Gasteiger charge is 2.69. The molecule has 39 heavy (non-hydrogen) atoms. The summed E-state index contributed by atoms with van der Waals surface area (Å²) in [4.78, 5) is 39.8. The first-order valence-corrected chi connectivity index (χ1v) is 14.9. The van der Waals surface area contributed by atoms with Crippen molar-refractivity contribution in [3.8, 4) is 0 Å². The fourth-order valence-electron chi connectivity index (χ4n) is 10.4. The zero-order valence-corrected chi connectivity index (χ0v) is 25.5. The van der Waals surface area contributed by atoms with Gasteiger partial charge in [-0.2, -0.15) is 0 Å². The van der Waals surface area contributed by atoms with Gasteiger partial charge in [-0.3, -0.25) is 14.4 Å². The summed E-state index contributed by atoms with van der Waals surface area (Å²) < 4.78 is 11.2. The van der Waals surface area contributed by atoms with Gasteiger partial charge in [0.1, 0.15) is 6.10 Å². The molecule has 0 radical (unpaired) electrons. The minimum absolute atomic E-state index is 0.0400. The Morgan fingerprint density at radius 2 is 1.51 bits per heavy atom. The number of hydrogen-bond donors (Lipinski definition) is 1. The Labute approximate surface area is 234 Å². The maximum Gasteiger partial charge on any atom is 0.315 e. The number of ether oxygens (including phenoxy) is 2. The number of aliphatic hydroxyl groups is 1. The van der Waals surface area contributed by atoms with Crippen molar-refractivity contribution >= 4 is 17.7 Å². The van der Waals surface area contributed by atoms with Crippen molar-refractivity contribution < 1.29 is 29.0 Å². The molecule has 3 fully saturated rings. The SMILES string of the molecule is COC(=O)[C@]12CCC(C)(C)CC1=C1C(=O)C(O)=C3[C@@]4(C)CC[C@H](OC(C)=O)C(C)(C)[C@@H]4CC[C@@]3(C)[C@]1(C)CC2. The predicted octanol–water partition coefficient (Wildman–Crippen LogP) is 7.02. The van der Waals surface area contributed by atoms with Crippen LogP contribution < -0.4 is 0 Å². The van der Waals surface area contributed by atoms with Crippen molar-refractivity contribution in [3.63, 3.8) is 0 Å². The number of rotatable bonds is 2. The van der Waals surface area contributed by atoms with E-state index in [9.17, 15) is 19.5 Å². The number of carbonyl (C=O) groups excluding carboxylic acids is 3. The van der Waals surface area contributed by atoms with Gasteiger partial charge in [0, 0.05) is 28.7 Å². The maximum atomic E-state index is 14.5. The highest BCUT2D eigenvalue weighted by molar-refractivity contribution is 6.11. The minimum atomic E-state index is -0.784. The van der Waals surface area contributed by atoms with E-state index in [-0.39, 0.29) is 46.3 Å². The van der Waals surface area contributed by atoms with Crippen LogP contribution in [0.5, 0.6) is 0 Å². The largest absolute Gasteiger partial charge is 0.504 e. The molecule has 1 N–H and O–H groups in total. The van der Waals surface area contributed by atoms with Crippen LogP contribution in [0.15, 0.2) is 22.5 Å². The van der Waals surface area contributed by atoms with Gasteiger partial charge in [0.05, 0.1) is 12.5 Å². The second kappa shape index (κ2) is 8.45. The lowest BCUT2D eigenvalue weighted by atomic mass is 9.36. The van der Waals surface area contributed by atoms with Crippen molar-refractivity contribution in [1.82, 2.24) is 0 Å². The second-order valence-electron chi connectivity index (χ2n) is 15.5. The Kier molecular flexibility index (Phi) is 6.16. The van der Waals surface area contributed by atoms with Crippen molar-refractivity contribution in [2.24, 2.45) is 38.4 Å². The van der Waals surface area contributed by atoms with Crippen LogP contribution in [-0.2, 0) is 23.9 Å². The molecule has 0 spiro atoms. The van der Waals surface area contributed by atoms with E-state index < -0.39 is 21.7 Å². The number of aliphatic hydroxyl groups excluding tert-OH is 1. The molecule has 0 aromatic rings. The van der Waals surface area contributed by atoms with Crippen LogP contribution in [0.3, 0.4) is 0 Å². The van der Waals surface area contributed by atoms with Crippen molar-refractivity contribution in [1.29, 1.82) is 0 Å². The summed E-state index contributed by atoms with van der Waals surface area (Å²) in [6.45, 7) is 17.0. The maximum absolute atomic E-state index is 14.5. The van der Waals surface area contributed by atoms with Gasteiger partial charge in [0.15, 0.2) is 5.76 Å². The lowest BCUT2D eigenvalue weighted by Gasteiger charge is -2.67. The van der Waals surface area contributed by atoms with Crippen LogP contribution in [0.25, 0.3) is 0 Å². The molecule has 6 atom stereocenters. The quantitative estimate of drug-likeness (QED) is 0.379. The van der Waals surface area contributed by atoms with Gasteiger partial charge in [0.25, 0.3) is 0 Å². The zero-order valence-electron chi connectivity index (χ0n) is 25.5. The molecule has 5 aliphatic rings. The van der Waals surface area contributed by atoms with E-state index in [2.05, 4.69) is 48.5 Å². The number of esters is 2. The molecule has 6 nitrogen and oxygen atoms in total.